The Bertz CT molecular complexity index is 1290. The van der Waals surface area contributed by atoms with Gasteiger partial charge in [0.15, 0.2) is 5.82 Å². The summed E-state index contributed by atoms with van der Waals surface area (Å²) in [6.07, 6.45) is 0.775. The van der Waals surface area contributed by atoms with Crippen LogP contribution in [0, 0.1) is 6.92 Å². The number of aryl methyl sites for hydroxylation is 2. The molecular weight excluding hydrogens is 378 g/mol. The Kier molecular flexibility index (Phi) is 5.18. The second-order valence-corrected chi connectivity index (χ2v) is 7.18. The van der Waals surface area contributed by atoms with E-state index in [1.165, 1.54) is 4.52 Å². The second kappa shape index (κ2) is 7.94. The number of para-hydroxylation sites is 1. The minimum absolute atomic E-state index is 0.0347. The van der Waals surface area contributed by atoms with Gasteiger partial charge in [-0.3, -0.25) is 9.59 Å². The average molecular weight is 401 g/mol. The third-order valence-corrected chi connectivity index (χ3v) is 5.32. The van der Waals surface area contributed by atoms with Gasteiger partial charge in [0.05, 0.1) is 6.42 Å². The molecule has 7 nitrogen and oxygen atoms in total. The monoisotopic (exact) mass is 401 g/mol. The van der Waals surface area contributed by atoms with E-state index in [1.54, 1.807) is 4.57 Å². The lowest BCUT2D eigenvalue weighted by Gasteiger charge is -2.12. The highest BCUT2D eigenvalue weighted by molar-refractivity contribution is 5.93. The normalized spacial score (nSPS) is 11.0. The van der Waals surface area contributed by atoms with Crippen LogP contribution in [0.1, 0.15) is 23.7 Å². The van der Waals surface area contributed by atoms with Gasteiger partial charge < -0.3 is 9.88 Å². The van der Waals surface area contributed by atoms with Crippen LogP contribution >= 0.6 is 0 Å². The third kappa shape index (κ3) is 3.50. The SMILES string of the molecule is CCc1ccccc1NC(=O)Cc1c(C)n(C)c2nc(-c3ccccc3)nn2c1=O. The van der Waals surface area contributed by atoms with Crippen molar-refractivity contribution in [3.63, 3.8) is 0 Å². The van der Waals surface area contributed by atoms with Crippen LogP contribution in [0.3, 0.4) is 0 Å². The van der Waals surface area contributed by atoms with E-state index in [0.717, 1.165) is 23.2 Å². The van der Waals surface area contributed by atoms with Gasteiger partial charge in [-0.2, -0.15) is 9.50 Å². The number of hydrogen-bond acceptors (Lipinski definition) is 4. The second-order valence-electron chi connectivity index (χ2n) is 7.18. The molecule has 0 atom stereocenters. The first-order valence-corrected chi connectivity index (χ1v) is 9.88. The lowest BCUT2D eigenvalue weighted by molar-refractivity contribution is -0.115. The van der Waals surface area contributed by atoms with Crippen LogP contribution in [0.25, 0.3) is 17.2 Å². The molecule has 2 aromatic carbocycles. The van der Waals surface area contributed by atoms with E-state index in [9.17, 15) is 9.59 Å². The first kappa shape index (κ1) is 19.6. The van der Waals surface area contributed by atoms with Crippen molar-refractivity contribution < 1.29 is 4.79 Å². The molecule has 0 saturated carbocycles. The van der Waals surface area contributed by atoms with Crippen LogP contribution in [-0.4, -0.2) is 25.1 Å². The van der Waals surface area contributed by atoms with Crippen LogP contribution in [0.15, 0.2) is 59.4 Å². The zero-order chi connectivity index (χ0) is 21.3. The first-order chi connectivity index (χ1) is 14.5. The van der Waals surface area contributed by atoms with Crippen LogP contribution < -0.4 is 10.9 Å². The largest absolute Gasteiger partial charge is 0.326 e. The number of nitrogens with one attached hydrogen (secondary N) is 1. The molecule has 152 valence electrons. The summed E-state index contributed by atoms with van der Waals surface area (Å²) in [7, 11) is 1.82. The predicted molar refractivity (Wildman–Crippen MR) is 117 cm³/mol. The summed E-state index contributed by atoms with van der Waals surface area (Å²) in [6.45, 7) is 3.86. The van der Waals surface area contributed by atoms with E-state index in [2.05, 4.69) is 15.4 Å². The average Bonchev–Trinajstić information content (AvgIpc) is 3.22. The van der Waals surface area contributed by atoms with Crippen molar-refractivity contribution in [3.8, 4) is 11.4 Å². The van der Waals surface area contributed by atoms with Gasteiger partial charge in [-0.25, -0.2) is 0 Å². The molecule has 0 aliphatic carbocycles. The maximum Gasteiger partial charge on any atom is 0.279 e. The molecule has 7 heteroatoms. The predicted octanol–water partition coefficient (Wildman–Crippen LogP) is 3.15. The molecule has 30 heavy (non-hydrogen) atoms. The van der Waals surface area contributed by atoms with Gasteiger partial charge in [-0.1, -0.05) is 55.5 Å². The third-order valence-electron chi connectivity index (χ3n) is 5.32. The molecule has 0 saturated heterocycles. The number of aromatic nitrogens is 4. The van der Waals surface area contributed by atoms with Crippen molar-refractivity contribution in [3.05, 3.63) is 81.8 Å². The summed E-state index contributed by atoms with van der Waals surface area (Å²) in [5, 5.41) is 7.33. The Labute approximate surface area is 174 Å². The molecule has 4 aromatic rings. The molecule has 0 radical (unpaired) electrons. The molecule has 0 bridgehead atoms. The Morgan fingerprint density at radius 3 is 2.50 bits per heavy atom. The topological polar surface area (TPSA) is 81.3 Å². The van der Waals surface area contributed by atoms with Gasteiger partial charge in [0.25, 0.3) is 5.56 Å². The molecule has 4 rings (SSSR count). The van der Waals surface area contributed by atoms with Gasteiger partial charge in [-0.05, 0) is 25.0 Å². The molecular formula is C23H23N5O2. The maximum absolute atomic E-state index is 13.1. The molecule has 0 fully saturated rings. The molecule has 0 aliphatic rings. The number of benzene rings is 2. The Morgan fingerprint density at radius 1 is 1.07 bits per heavy atom. The van der Waals surface area contributed by atoms with Crippen molar-refractivity contribution in [2.24, 2.45) is 7.05 Å². The summed E-state index contributed by atoms with van der Waals surface area (Å²) >= 11 is 0. The van der Waals surface area contributed by atoms with E-state index in [-0.39, 0.29) is 17.9 Å². The van der Waals surface area contributed by atoms with E-state index < -0.39 is 0 Å². The quantitative estimate of drug-likeness (QED) is 0.557. The van der Waals surface area contributed by atoms with Crippen LogP contribution in [-0.2, 0) is 24.7 Å². The van der Waals surface area contributed by atoms with Crippen LogP contribution in [0.2, 0.25) is 0 Å². The summed E-state index contributed by atoms with van der Waals surface area (Å²) < 4.78 is 3.07. The van der Waals surface area contributed by atoms with Crippen LogP contribution in [0.5, 0.6) is 0 Å². The Hall–Kier alpha value is -3.74. The van der Waals surface area contributed by atoms with Gasteiger partial charge in [0.2, 0.25) is 11.7 Å². The number of anilines is 1. The molecule has 0 aliphatic heterocycles. The minimum Gasteiger partial charge on any atom is -0.326 e. The lowest BCUT2D eigenvalue weighted by atomic mass is 10.1. The number of rotatable bonds is 5. The number of carbonyl (C=O) groups is 1. The van der Waals surface area contributed by atoms with Crippen LogP contribution in [0.4, 0.5) is 5.69 Å². The summed E-state index contributed by atoms with van der Waals surface area (Å²) in [6, 6.07) is 17.2. The van der Waals surface area contributed by atoms with Gasteiger partial charge in [0.1, 0.15) is 0 Å². The Balaban J connectivity index is 1.71. The number of amides is 1. The highest BCUT2D eigenvalue weighted by atomic mass is 16.2. The zero-order valence-corrected chi connectivity index (χ0v) is 17.2. The molecule has 2 aromatic heterocycles. The molecule has 1 amide bonds. The van der Waals surface area contributed by atoms with Gasteiger partial charge in [0, 0.05) is 29.6 Å². The first-order valence-electron chi connectivity index (χ1n) is 9.88. The van der Waals surface area contributed by atoms with E-state index >= 15 is 0 Å². The fourth-order valence-electron chi connectivity index (χ4n) is 3.51. The van der Waals surface area contributed by atoms with Crippen molar-refractivity contribution in [2.75, 3.05) is 5.32 Å². The highest BCUT2D eigenvalue weighted by Crippen LogP contribution is 2.18. The van der Waals surface area contributed by atoms with Crippen molar-refractivity contribution in [1.29, 1.82) is 0 Å². The van der Waals surface area contributed by atoms with Crippen molar-refractivity contribution in [2.45, 2.75) is 26.7 Å². The highest BCUT2D eigenvalue weighted by Gasteiger charge is 2.19. The smallest absolute Gasteiger partial charge is 0.279 e. The lowest BCUT2D eigenvalue weighted by Crippen LogP contribution is -2.28. The summed E-state index contributed by atoms with van der Waals surface area (Å²) in [5.74, 6) is 0.678. The van der Waals surface area contributed by atoms with Crippen molar-refractivity contribution >= 4 is 17.4 Å². The van der Waals surface area contributed by atoms with Gasteiger partial charge >= 0.3 is 0 Å². The number of carbonyl (C=O) groups excluding carboxylic acids is 1. The Morgan fingerprint density at radius 2 is 1.77 bits per heavy atom. The molecule has 0 spiro atoms. The summed E-state index contributed by atoms with van der Waals surface area (Å²) in [5.41, 5.74) is 3.42. The maximum atomic E-state index is 13.1. The molecule has 2 heterocycles. The fourth-order valence-corrected chi connectivity index (χ4v) is 3.51. The zero-order valence-electron chi connectivity index (χ0n) is 17.2. The fraction of sp³-hybridized carbons (Fsp3) is 0.217. The molecule has 0 unspecified atom stereocenters. The summed E-state index contributed by atoms with van der Waals surface area (Å²) in [4.78, 5) is 30.4. The van der Waals surface area contributed by atoms with Gasteiger partial charge in [-0.15, -0.1) is 5.10 Å². The van der Waals surface area contributed by atoms with E-state index in [4.69, 9.17) is 0 Å². The number of hydrogen-bond donors (Lipinski definition) is 1. The molecule has 1 N–H and O–H groups in total. The number of fused-ring (bicyclic) bond motifs is 1. The number of nitrogens with zero attached hydrogens (tertiary/aromatic N) is 4. The standard InChI is InChI=1S/C23H23N5O2/c1-4-16-10-8-9-13-19(16)24-20(29)14-18-15(2)27(3)23-25-21(26-28(23)22(18)30)17-11-6-5-7-12-17/h5-13H,4,14H2,1-3H3,(H,24,29). The van der Waals surface area contributed by atoms with E-state index in [0.29, 0.717) is 22.9 Å². The van der Waals surface area contributed by atoms with E-state index in [1.807, 2.05) is 75.5 Å². The van der Waals surface area contributed by atoms with Crippen molar-refractivity contribution in [1.82, 2.24) is 19.2 Å². The minimum atomic E-state index is -0.325.